The highest BCUT2D eigenvalue weighted by atomic mass is 19.1. The number of hydrogen-bond acceptors (Lipinski definition) is 5. The summed E-state index contributed by atoms with van der Waals surface area (Å²) in [5.41, 5.74) is -0.722. The zero-order valence-electron chi connectivity index (χ0n) is 9.57. The minimum Gasteiger partial charge on any atom is -0.504 e. The van der Waals surface area contributed by atoms with Gasteiger partial charge in [0.05, 0.1) is 12.6 Å². The maximum absolute atomic E-state index is 13.5. The molecule has 1 saturated carbocycles. The minimum absolute atomic E-state index is 0.278. The Morgan fingerprint density at radius 2 is 2.22 bits per heavy atom. The lowest BCUT2D eigenvalue weighted by Gasteiger charge is -2.11. The van der Waals surface area contributed by atoms with Crippen molar-refractivity contribution < 1.29 is 23.8 Å². The van der Waals surface area contributed by atoms with Crippen LogP contribution in [0.15, 0.2) is 17.1 Å². The van der Waals surface area contributed by atoms with E-state index in [4.69, 9.17) is 0 Å². The van der Waals surface area contributed by atoms with Crippen molar-refractivity contribution in [1.82, 2.24) is 0 Å². The van der Waals surface area contributed by atoms with Crippen LogP contribution in [0.4, 0.5) is 4.39 Å². The van der Waals surface area contributed by atoms with E-state index in [0.29, 0.717) is 18.4 Å². The van der Waals surface area contributed by atoms with E-state index in [1.165, 1.54) is 12.1 Å². The third-order valence-corrected chi connectivity index (χ3v) is 2.99. The molecule has 0 atom stereocenters. The second-order valence-corrected chi connectivity index (χ2v) is 4.08. The van der Waals surface area contributed by atoms with Gasteiger partial charge in [0.1, 0.15) is 5.56 Å². The molecule has 0 spiro atoms. The van der Waals surface area contributed by atoms with Gasteiger partial charge in [0.15, 0.2) is 11.6 Å². The number of benzene rings is 1. The van der Waals surface area contributed by atoms with E-state index < -0.39 is 23.1 Å². The Labute approximate surface area is 102 Å². The Balaban J connectivity index is 2.55. The molecule has 0 amide bonds. The zero-order valence-corrected chi connectivity index (χ0v) is 9.57. The number of carbonyl (C=O) groups excluding carboxylic acids is 2. The van der Waals surface area contributed by atoms with Gasteiger partial charge in [-0.15, -0.1) is 0 Å². The van der Waals surface area contributed by atoms with Gasteiger partial charge in [-0.3, -0.25) is 0 Å². The van der Waals surface area contributed by atoms with Crippen LogP contribution in [0.25, 0.3) is 0 Å². The van der Waals surface area contributed by atoms with Crippen molar-refractivity contribution >= 4 is 12.0 Å². The number of aliphatic imine (C=N–C) groups is 1. The molecule has 0 unspecified atom stereocenters. The average Bonchev–Trinajstić information content (AvgIpc) is 3.13. The Hall–Kier alpha value is -2.20. The van der Waals surface area contributed by atoms with E-state index in [9.17, 15) is 19.1 Å². The van der Waals surface area contributed by atoms with Crippen LogP contribution in [0, 0.1) is 5.82 Å². The second kappa shape index (κ2) is 4.23. The lowest BCUT2D eigenvalue weighted by atomic mass is 10.0. The molecule has 5 nitrogen and oxygen atoms in total. The topological polar surface area (TPSA) is 76.0 Å². The third kappa shape index (κ3) is 1.87. The Morgan fingerprint density at radius 1 is 1.56 bits per heavy atom. The summed E-state index contributed by atoms with van der Waals surface area (Å²) in [6.45, 7) is 0. The number of carbonyl (C=O) groups is 1. The normalized spacial score (nSPS) is 15.7. The standard InChI is InChI=1S/C12H10FNO4/c1-18-11(17)8-4-7(5-9(13)10(8)16)12(2-3-12)14-6-15/h4-5,16H,2-3H2,1H3. The first-order valence-corrected chi connectivity index (χ1v) is 5.24. The molecule has 1 aliphatic rings. The monoisotopic (exact) mass is 251 g/mol. The van der Waals surface area contributed by atoms with E-state index >= 15 is 0 Å². The van der Waals surface area contributed by atoms with Crippen LogP contribution in [0.1, 0.15) is 28.8 Å². The summed E-state index contributed by atoms with van der Waals surface area (Å²) in [6.07, 6.45) is 2.59. The van der Waals surface area contributed by atoms with E-state index in [-0.39, 0.29) is 5.56 Å². The molecule has 0 bridgehead atoms. The maximum Gasteiger partial charge on any atom is 0.341 e. The van der Waals surface area contributed by atoms with Gasteiger partial charge in [-0.1, -0.05) is 0 Å². The first-order valence-electron chi connectivity index (χ1n) is 5.24. The van der Waals surface area contributed by atoms with Crippen LogP contribution in [0.3, 0.4) is 0 Å². The number of phenols is 1. The van der Waals surface area contributed by atoms with Crippen LogP contribution in [-0.4, -0.2) is 24.3 Å². The highest BCUT2D eigenvalue weighted by molar-refractivity contribution is 5.92. The number of phenolic OH excluding ortho intramolecular Hbond substituents is 1. The number of aromatic hydroxyl groups is 1. The molecule has 1 aromatic carbocycles. The molecule has 0 heterocycles. The Bertz CT molecular complexity index is 559. The molecule has 6 heteroatoms. The third-order valence-electron chi connectivity index (χ3n) is 2.99. The van der Waals surface area contributed by atoms with E-state index in [1.807, 2.05) is 0 Å². The summed E-state index contributed by atoms with van der Waals surface area (Å²) in [4.78, 5) is 25.4. The number of rotatable bonds is 3. The van der Waals surface area contributed by atoms with Crippen molar-refractivity contribution in [2.45, 2.75) is 18.4 Å². The number of ether oxygens (including phenoxy) is 1. The van der Waals surface area contributed by atoms with Gasteiger partial charge in [0.25, 0.3) is 0 Å². The van der Waals surface area contributed by atoms with Gasteiger partial charge >= 0.3 is 5.97 Å². The predicted octanol–water partition coefficient (Wildman–Crippen LogP) is 1.64. The van der Waals surface area contributed by atoms with Crippen LogP contribution < -0.4 is 0 Å². The molecule has 0 aliphatic heterocycles. The number of methoxy groups -OCH3 is 1. The van der Waals surface area contributed by atoms with Crippen LogP contribution >= 0.6 is 0 Å². The molecular formula is C12H10FNO4. The van der Waals surface area contributed by atoms with Crippen molar-refractivity contribution in [2.24, 2.45) is 4.99 Å². The van der Waals surface area contributed by atoms with Gasteiger partial charge in [0.2, 0.25) is 6.08 Å². The molecule has 0 radical (unpaired) electrons. The lowest BCUT2D eigenvalue weighted by Crippen LogP contribution is -2.08. The fourth-order valence-electron chi connectivity index (χ4n) is 1.80. The highest BCUT2D eigenvalue weighted by Crippen LogP contribution is 2.50. The largest absolute Gasteiger partial charge is 0.504 e. The van der Waals surface area contributed by atoms with Gasteiger partial charge < -0.3 is 9.84 Å². The van der Waals surface area contributed by atoms with Gasteiger partial charge in [-0.05, 0) is 30.5 Å². The van der Waals surface area contributed by atoms with Crippen LogP contribution in [-0.2, 0) is 15.1 Å². The molecule has 1 N–H and O–H groups in total. The molecule has 18 heavy (non-hydrogen) atoms. The molecular weight excluding hydrogens is 241 g/mol. The molecule has 1 aliphatic carbocycles. The Morgan fingerprint density at radius 3 is 2.72 bits per heavy atom. The molecule has 0 aromatic heterocycles. The van der Waals surface area contributed by atoms with Gasteiger partial charge in [-0.2, -0.15) is 4.99 Å². The molecule has 0 saturated heterocycles. The summed E-state index contributed by atoms with van der Waals surface area (Å²) in [7, 11) is 1.13. The van der Waals surface area contributed by atoms with Crippen molar-refractivity contribution in [1.29, 1.82) is 0 Å². The predicted molar refractivity (Wildman–Crippen MR) is 58.4 cm³/mol. The number of nitrogens with zero attached hydrogens (tertiary/aromatic N) is 1. The first-order chi connectivity index (χ1) is 8.54. The number of isocyanates is 1. The van der Waals surface area contributed by atoms with E-state index in [1.54, 1.807) is 0 Å². The molecule has 1 fully saturated rings. The van der Waals surface area contributed by atoms with Crippen molar-refractivity contribution in [3.63, 3.8) is 0 Å². The average molecular weight is 251 g/mol. The van der Waals surface area contributed by atoms with Crippen molar-refractivity contribution in [3.05, 3.63) is 29.1 Å². The van der Waals surface area contributed by atoms with E-state index in [0.717, 1.165) is 13.2 Å². The van der Waals surface area contributed by atoms with Crippen molar-refractivity contribution in [3.8, 4) is 5.75 Å². The summed E-state index contributed by atoms with van der Waals surface area (Å²) in [6, 6.07) is 2.35. The maximum atomic E-state index is 13.5. The van der Waals surface area contributed by atoms with Crippen LogP contribution in [0.5, 0.6) is 5.75 Å². The van der Waals surface area contributed by atoms with Crippen LogP contribution in [0.2, 0.25) is 0 Å². The molecule has 94 valence electrons. The Kier molecular flexibility index (Phi) is 2.88. The first kappa shape index (κ1) is 12.3. The minimum atomic E-state index is -0.944. The highest BCUT2D eigenvalue weighted by Gasteiger charge is 2.45. The smallest absolute Gasteiger partial charge is 0.341 e. The fourth-order valence-corrected chi connectivity index (χ4v) is 1.80. The SMILES string of the molecule is COC(=O)c1cc(C2(N=C=O)CC2)cc(F)c1O. The quantitative estimate of drug-likeness (QED) is 0.503. The number of esters is 1. The van der Waals surface area contributed by atoms with Gasteiger partial charge in [-0.25, -0.2) is 14.0 Å². The molecule has 2 rings (SSSR count). The zero-order chi connectivity index (χ0) is 13.3. The fraction of sp³-hybridized carbons (Fsp3) is 0.333. The van der Waals surface area contributed by atoms with Crippen molar-refractivity contribution in [2.75, 3.05) is 7.11 Å². The lowest BCUT2D eigenvalue weighted by molar-refractivity contribution is 0.0596. The second-order valence-electron chi connectivity index (χ2n) is 4.08. The number of halogens is 1. The summed E-state index contributed by atoms with van der Waals surface area (Å²) in [5, 5.41) is 9.46. The van der Waals surface area contributed by atoms with E-state index in [2.05, 4.69) is 9.73 Å². The summed E-state index contributed by atoms with van der Waals surface area (Å²) < 4.78 is 18.0. The molecule has 1 aromatic rings. The summed E-state index contributed by atoms with van der Waals surface area (Å²) >= 11 is 0. The van der Waals surface area contributed by atoms with Gasteiger partial charge in [0, 0.05) is 0 Å². The number of hydrogen-bond donors (Lipinski definition) is 1. The summed E-state index contributed by atoms with van der Waals surface area (Å²) in [5.74, 6) is -2.56.